The molecule has 496 valence electrons. The van der Waals surface area contributed by atoms with Crippen molar-refractivity contribution in [2.45, 2.75) is 32.5 Å². The number of nitrogens with zero attached hydrogens (tertiary/aromatic N) is 2. The minimum absolute atomic E-state index is 0.00131. The van der Waals surface area contributed by atoms with E-state index in [2.05, 4.69) is 353 Å². The molecule has 0 bridgehead atoms. The van der Waals surface area contributed by atoms with Gasteiger partial charge in [0, 0.05) is 27.1 Å². The van der Waals surface area contributed by atoms with Crippen LogP contribution in [0.25, 0.3) is 185 Å². The van der Waals surface area contributed by atoms with E-state index in [0.29, 0.717) is 5.15 Å². The molecular formula is C99H68BClN2O2. The normalized spacial score (nSPS) is 13.6. The lowest BCUT2D eigenvalue weighted by molar-refractivity contribution is 0.0842. The summed E-state index contributed by atoms with van der Waals surface area (Å²) < 4.78 is 12.8. The first-order chi connectivity index (χ1) is 51.7. The summed E-state index contributed by atoms with van der Waals surface area (Å²) in [4.78, 5) is 9.69. The van der Waals surface area contributed by atoms with Crippen LogP contribution in [0.5, 0.6) is 0 Å². The third kappa shape index (κ3) is 11.2. The molecule has 105 heavy (non-hydrogen) atoms. The van der Waals surface area contributed by atoms with E-state index in [9.17, 15) is 0 Å². The van der Waals surface area contributed by atoms with E-state index in [-0.39, 0.29) is 11.7 Å². The molecule has 1 fully saturated rings. The lowest BCUT2D eigenvalue weighted by Crippen LogP contribution is -2.34. The molecule has 0 spiro atoms. The molecule has 1 aliphatic rings. The number of halogens is 1. The van der Waals surface area contributed by atoms with Gasteiger partial charge < -0.3 is 9.31 Å². The maximum absolute atomic E-state index is 6.45. The molecule has 0 saturated carbocycles. The first-order valence-corrected chi connectivity index (χ1v) is 36.5. The number of fused-ring (bicyclic) bond motifs is 14. The van der Waals surface area contributed by atoms with Crippen molar-refractivity contribution in [2.75, 3.05) is 0 Å². The van der Waals surface area contributed by atoms with Gasteiger partial charge in [0.2, 0.25) is 0 Å². The number of hydrogen-bond donors (Lipinski definition) is 0. The van der Waals surface area contributed by atoms with Crippen molar-refractivity contribution in [3.63, 3.8) is 0 Å². The molecular weight excluding hydrogens is 1300 g/mol. The van der Waals surface area contributed by atoms with Crippen LogP contribution < -0.4 is 5.46 Å². The lowest BCUT2D eigenvalue weighted by Gasteiger charge is -2.22. The van der Waals surface area contributed by atoms with Crippen LogP contribution in [0.4, 0.5) is 0 Å². The highest BCUT2D eigenvalue weighted by molar-refractivity contribution is 6.62. The molecule has 6 heteroatoms. The number of benzene rings is 18. The summed E-state index contributed by atoms with van der Waals surface area (Å²) in [5.41, 5.74) is 14.8. The predicted molar refractivity (Wildman–Crippen MR) is 448 cm³/mol. The topological polar surface area (TPSA) is 44.2 Å². The summed E-state index contributed by atoms with van der Waals surface area (Å²) in [5.74, 6) is 0. The Balaban J connectivity index is 0.000000121. The zero-order chi connectivity index (χ0) is 70.3. The van der Waals surface area contributed by atoms with Crippen LogP contribution in [-0.2, 0) is 9.31 Å². The summed E-state index contributed by atoms with van der Waals surface area (Å²) >= 11 is 5.91. The highest BCUT2D eigenvalue weighted by atomic mass is 35.5. The van der Waals surface area contributed by atoms with Gasteiger partial charge in [-0.2, -0.15) is 0 Å². The Morgan fingerprint density at radius 2 is 0.600 bits per heavy atom. The average Bonchev–Trinajstić information content (AvgIpc) is 0.806. The van der Waals surface area contributed by atoms with E-state index in [1.165, 1.54) is 147 Å². The first kappa shape index (κ1) is 63.6. The van der Waals surface area contributed by atoms with Crippen LogP contribution in [0.15, 0.2) is 352 Å². The van der Waals surface area contributed by atoms with Gasteiger partial charge in [0.15, 0.2) is 0 Å². The zero-order valence-corrected chi connectivity index (χ0v) is 59.0. The van der Waals surface area contributed by atoms with Crippen LogP contribution in [0, 0.1) is 0 Å². The van der Waals surface area contributed by atoms with E-state index in [1.807, 2.05) is 24.3 Å². The van der Waals surface area contributed by atoms with Crippen LogP contribution in [0.1, 0.15) is 20.8 Å². The van der Waals surface area contributed by atoms with Gasteiger partial charge in [-0.15, -0.1) is 0 Å². The number of hydrogen-bond acceptors (Lipinski definition) is 4. The second kappa shape index (κ2) is 26.2. The maximum atomic E-state index is 6.45. The zero-order valence-electron chi connectivity index (χ0n) is 58.2. The number of rotatable bonds is 6. The Bertz CT molecular complexity index is 6890. The quantitative estimate of drug-likeness (QED) is 0.0720. The third-order valence-corrected chi connectivity index (χ3v) is 21.9. The molecule has 1 atom stereocenters. The minimum atomic E-state index is -0.410. The summed E-state index contributed by atoms with van der Waals surface area (Å²) in [5, 5.41) is 27.4. The fraction of sp³-hybridized carbons (Fsp3) is 0.0505. The second-order valence-electron chi connectivity index (χ2n) is 28.1. The standard InChI is InChI=1S/C47H29N.C39H31BO2.C13H8ClN/c1-4-16-35-30(11-1)14-9-21-38(35)45-40-19-7-8-20-41(40)46(39-22-10-15-31-12-2-5-17-36(31)39)43-29-34(25-27-42(43)45)44-28-26-33-24-23-32-13-3-6-18-37(32)47(33)48-44;1-25-39(2,3)42-40(41-25)28-22-23-35-36(24-28)38(32-21-11-15-27-13-5-7-17-30(27)32)34-19-9-8-18-33(34)37(35)31-20-10-14-26-12-4-6-16-29(26)31;14-12-8-7-10-6-5-9-3-1-2-4-11(9)13(10)15-12/h1-29H;4-25H,1-3H3;1-8H. The van der Waals surface area contributed by atoms with E-state index in [1.54, 1.807) is 0 Å². The van der Waals surface area contributed by atoms with Crippen molar-refractivity contribution in [1.29, 1.82) is 0 Å². The minimum Gasteiger partial charge on any atom is -0.402 e. The van der Waals surface area contributed by atoms with Crippen molar-refractivity contribution in [1.82, 2.24) is 9.97 Å². The van der Waals surface area contributed by atoms with E-state index >= 15 is 0 Å². The van der Waals surface area contributed by atoms with Gasteiger partial charge in [0.25, 0.3) is 0 Å². The van der Waals surface area contributed by atoms with E-state index < -0.39 is 7.12 Å². The molecule has 0 amide bonds. The van der Waals surface area contributed by atoms with Gasteiger partial charge in [-0.3, -0.25) is 0 Å². The molecule has 1 aliphatic heterocycles. The fourth-order valence-electron chi connectivity index (χ4n) is 16.4. The van der Waals surface area contributed by atoms with Crippen LogP contribution in [-0.4, -0.2) is 28.8 Å². The van der Waals surface area contributed by atoms with Crippen molar-refractivity contribution in [2.24, 2.45) is 0 Å². The Morgan fingerprint density at radius 3 is 1.02 bits per heavy atom. The van der Waals surface area contributed by atoms with Crippen LogP contribution in [0.3, 0.4) is 0 Å². The highest BCUT2D eigenvalue weighted by Gasteiger charge is 2.44. The van der Waals surface area contributed by atoms with Crippen LogP contribution in [0.2, 0.25) is 5.15 Å². The first-order valence-electron chi connectivity index (χ1n) is 36.1. The van der Waals surface area contributed by atoms with Gasteiger partial charge in [-0.25, -0.2) is 9.97 Å². The van der Waals surface area contributed by atoms with Gasteiger partial charge >= 0.3 is 7.12 Å². The average molecular weight is 1360 g/mol. The van der Waals surface area contributed by atoms with E-state index in [0.717, 1.165) is 43.9 Å². The number of pyridine rings is 2. The highest BCUT2D eigenvalue weighted by Crippen LogP contribution is 2.50. The SMILES string of the molecule is CC1OB(c2ccc3c(-c4cccc5ccccc45)c4ccccc4c(-c4cccc5ccccc45)c3c2)OC1(C)C.Clc1ccc2ccc3ccccc3c2n1.c1ccc2c(-c3c4ccccc4c(-c4cccc5ccccc45)c4cc(-c5ccc6ccc7ccccc7c6n5)ccc34)cccc2c1. The molecule has 21 rings (SSSR count). The predicted octanol–water partition coefficient (Wildman–Crippen LogP) is 26.6. The molecule has 0 N–H and O–H groups in total. The maximum Gasteiger partial charge on any atom is 0.494 e. The smallest absolute Gasteiger partial charge is 0.402 e. The fourth-order valence-corrected chi connectivity index (χ4v) is 16.5. The van der Waals surface area contributed by atoms with Gasteiger partial charge in [0.05, 0.1) is 28.4 Å². The molecule has 1 unspecified atom stereocenters. The van der Waals surface area contributed by atoms with Crippen molar-refractivity contribution in [3.05, 3.63) is 357 Å². The van der Waals surface area contributed by atoms with Gasteiger partial charge in [0.1, 0.15) is 5.15 Å². The van der Waals surface area contributed by atoms with Gasteiger partial charge in [-0.05, 0) is 192 Å². The second-order valence-corrected chi connectivity index (χ2v) is 28.5. The summed E-state index contributed by atoms with van der Waals surface area (Å²) in [6.07, 6.45) is -0.00131. The monoisotopic (exact) mass is 1360 g/mol. The molecule has 4 nitrogen and oxygen atoms in total. The molecule has 2 aromatic heterocycles. The molecule has 1 saturated heterocycles. The van der Waals surface area contributed by atoms with Crippen molar-refractivity contribution < 1.29 is 9.31 Å². The summed E-state index contributed by atoms with van der Waals surface area (Å²) in [6, 6.07) is 127. The molecule has 0 aliphatic carbocycles. The van der Waals surface area contributed by atoms with Crippen molar-refractivity contribution >= 4 is 154 Å². The Kier molecular flexibility index (Phi) is 15.8. The lowest BCUT2D eigenvalue weighted by atomic mass is 9.76. The van der Waals surface area contributed by atoms with Gasteiger partial charge in [-0.1, -0.05) is 339 Å². The largest absolute Gasteiger partial charge is 0.494 e. The Hall–Kier alpha value is -12.3. The van der Waals surface area contributed by atoms with E-state index in [4.69, 9.17) is 25.9 Å². The Morgan fingerprint density at radius 1 is 0.286 bits per heavy atom. The van der Waals surface area contributed by atoms with Crippen molar-refractivity contribution in [3.8, 4) is 55.8 Å². The summed E-state index contributed by atoms with van der Waals surface area (Å²) in [6.45, 7) is 6.30. The third-order valence-electron chi connectivity index (χ3n) is 21.7. The van der Waals surface area contributed by atoms with Crippen LogP contribution >= 0.6 is 11.6 Å². The Labute approximate surface area is 614 Å². The molecule has 18 aromatic carbocycles. The molecule has 3 heterocycles. The molecule has 0 radical (unpaired) electrons. The molecule has 20 aromatic rings. The summed E-state index contributed by atoms with van der Waals surface area (Å²) in [7, 11) is -0.410. The number of aromatic nitrogens is 2.